The first-order valence-corrected chi connectivity index (χ1v) is 11.3. The SMILES string of the molecule is CCOC(=O)CN1CCn2c3c(c4cc(C5CCCCC5)ccc42)CCCC31. The maximum Gasteiger partial charge on any atom is 0.320 e. The lowest BCUT2D eigenvalue weighted by Gasteiger charge is -2.39. The lowest BCUT2D eigenvalue weighted by atomic mass is 9.83. The molecule has 28 heavy (non-hydrogen) atoms. The van der Waals surface area contributed by atoms with E-state index in [0.29, 0.717) is 19.2 Å². The largest absolute Gasteiger partial charge is 0.465 e. The molecule has 150 valence electrons. The fraction of sp³-hybridized carbons (Fsp3) is 0.625. The summed E-state index contributed by atoms with van der Waals surface area (Å²) in [5, 5.41) is 1.49. The number of carbonyl (C=O) groups is 1. The first-order chi connectivity index (χ1) is 13.8. The van der Waals surface area contributed by atoms with E-state index in [0.717, 1.165) is 25.4 Å². The summed E-state index contributed by atoms with van der Waals surface area (Å²) in [5.41, 5.74) is 6.00. The molecule has 1 aromatic heterocycles. The van der Waals surface area contributed by atoms with Crippen LogP contribution in [0.1, 0.15) is 80.7 Å². The number of hydrogen-bond donors (Lipinski definition) is 0. The van der Waals surface area contributed by atoms with Gasteiger partial charge in [-0.2, -0.15) is 0 Å². The van der Waals surface area contributed by atoms with Crippen molar-refractivity contribution in [1.29, 1.82) is 0 Å². The number of rotatable bonds is 4. The van der Waals surface area contributed by atoms with Crippen molar-refractivity contribution in [2.45, 2.75) is 76.8 Å². The number of hydrogen-bond acceptors (Lipinski definition) is 3. The van der Waals surface area contributed by atoms with E-state index in [4.69, 9.17) is 4.74 Å². The molecule has 1 aliphatic heterocycles. The summed E-state index contributed by atoms with van der Waals surface area (Å²) in [7, 11) is 0. The van der Waals surface area contributed by atoms with Gasteiger partial charge >= 0.3 is 5.97 Å². The van der Waals surface area contributed by atoms with Gasteiger partial charge in [-0.1, -0.05) is 25.3 Å². The fourth-order valence-corrected chi connectivity index (χ4v) is 5.95. The molecule has 1 unspecified atom stereocenters. The van der Waals surface area contributed by atoms with E-state index in [9.17, 15) is 4.79 Å². The van der Waals surface area contributed by atoms with Crippen LogP contribution in [0.3, 0.4) is 0 Å². The number of fused-ring (bicyclic) bond motifs is 3. The Bertz CT molecular complexity index is 878. The first kappa shape index (κ1) is 18.2. The molecule has 2 heterocycles. The number of nitrogens with zero attached hydrogens (tertiary/aromatic N) is 2. The molecular formula is C24H32N2O2. The van der Waals surface area contributed by atoms with Gasteiger partial charge in [0.1, 0.15) is 0 Å². The molecule has 4 nitrogen and oxygen atoms in total. The molecule has 1 atom stereocenters. The average molecular weight is 381 g/mol. The van der Waals surface area contributed by atoms with Crippen LogP contribution in [-0.2, 0) is 22.5 Å². The quantitative estimate of drug-likeness (QED) is 0.704. The Morgan fingerprint density at radius 2 is 1.96 bits per heavy atom. The molecule has 4 heteroatoms. The van der Waals surface area contributed by atoms with Crippen molar-refractivity contribution < 1.29 is 9.53 Å². The number of aryl methyl sites for hydroxylation is 1. The van der Waals surface area contributed by atoms with Crippen LogP contribution in [0.2, 0.25) is 0 Å². The molecule has 0 spiro atoms. The van der Waals surface area contributed by atoms with E-state index >= 15 is 0 Å². The second-order valence-electron chi connectivity index (χ2n) is 8.81. The van der Waals surface area contributed by atoms with Crippen molar-refractivity contribution in [3.63, 3.8) is 0 Å². The Hall–Kier alpha value is -1.81. The molecular weight excluding hydrogens is 348 g/mol. The van der Waals surface area contributed by atoms with Crippen molar-refractivity contribution in [2.75, 3.05) is 19.7 Å². The third-order valence-electron chi connectivity index (χ3n) is 7.22. The number of ether oxygens (including phenoxy) is 1. The molecule has 3 aliphatic rings. The molecule has 0 N–H and O–H groups in total. The van der Waals surface area contributed by atoms with Crippen molar-refractivity contribution in [3.05, 3.63) is 35.0 Å². The summed E-state index contributed by atoms with van der Waals surface area (Å²) in [4.78, 5) is 14.5. The standard InChI is InChI=1S/C24H32N2O2/c1-2-28-23(27)16-25-13-14-26-21-12-11-18(17-7-4-3-5-8-17)15-20(21)19-9-6-10-22(25)24(19)26/h11-12,15,17,22H,2-10,13-14,16H2,1H3. The minimum Gasteiger partial charge on any atom is -0.465 e. The Morgan fingerprint density at radius 1 is 1.11 bits per heavy atom. The fourth-order valence-electron chi connectivity index (χ4n) is 5.95. The normalized spacial score (nSPS) is 23.0. The van der Waals surface area contributed by atoms with Gasteiger partial charge in [-0.3, -0.25) is 9.69 Å². The first-order valence-electron chi connectivity index (χ1n) is 11.3. The summed E-state index contributed by atoms with van der Waals surface area (Å²) >= 11 is 0. The summed E-state index contributed by atoms with van der Waals surface area (Å²) in [6.45, 7) is 4.68. The summed E-state index contributed by atoms with van der Waals surface area (Å²) < 4.78 is 7.78. The predicted molar refractivity (Wildman–Crippen MR) is 112 cm³/mol. The topological polar surface area (TPSA) is 34.5 Å². The van der Waals surface area contributed by atoms with E-state index in [1.165, 1.54) is 61.5 Å². The Balaban J connectivity index is 1.51. The molecule has 0 saturated heterocycles. The Morgan fingerprint density at radius 3 is 2.79 bits per heavy atom. The van der Waals surface area contributed by atoms with Gasteiger partial charge in [0.2, 0.25) is 0 Å². The number of esters is 1. The highest BCUT2D eigenvalue weighted by molar-refractivity contribution is 5.87. The van der Waals surface area contributed by atoms with Crippen molar-refractivity contribution in [1.82, 2.24) is 9.47 Å². The maximum absolute atomic E-state index is 12.1. The summed E-state index contributed by atoms with van der Waals surface area (Å²) in [5.74, 6) is 0.667. The van der Waals surface area contributed by atoms with Crippen LogP contribution in [0, 0.1) is 0 Å². The molecule has 1 saturated carbocycles. The second-order valence-corrected chi connectivity index (χ2v) is 8.81. The van der Waals surface area contributed by atoms with Gasteiger partial charge in [0.15, 0.2) is 0 Å². The van der Waals surface area contributed by atoms with Crippen molar-refractivity contribution in [3.8, 4) is 0 Å². The lowest BCUT2D eigenvalue weighted by molar-refractivity contribution is -0.145. The highest BCUT2D eigenvalue weighted by Crippen LogP contribution is 2.44. The number of aromatic nitrogens is 1. The van der Waals surface area contributed by atoms with Crippen molar-refractivity contribution >= 4 is 16.9 Å². The van der Waals surface area contributed by atoms with Gasteiger partial charge in [0.05, 0.1) is 19.2 Å². The average Bonchev–Trinajstić information content (AvgIpc) is 3.05. The molecule has 2 aromatic rings. The van der Waals surface area contributed by atoms with Crippen LogP contribution in [0.4, 0.5) is 0 Å². The zero-order valence-electron chi connectivity index (χ0n) is 17.1. The molecule has 0 radical (unpaired) electrons. The second kappa shape index (κ2) is 7.55. The summed E-state index contributed by atoms with van der Waals surface area (Å²) in [6, 6.07) is 7.67. The van der Waals surface area contributed by atoms with Crippen LogP contribution in [0.15, 0.2) is 18.2 Å². The molecule has 0 bridgehead atoms. The molecule has 1 aromatic carbocycles. The van der Waals surface area contributed by atoms with Gasteiger partial charge in [-0.05, 0) is 68.2 Å². The lowest BCUT2D eigenvalue weighted by Crippen LogP contribution is -2.42. The molecule has 5 rings (SSSR count). The van der Waals surface area contributed by atoms with E-state index < -0.39 is 0 Å². The van der Waals surface area contributed by atoms with Gasteiger partial charge in [-0.15, -0.1) is 0 Å². The minimum absolute atomic E-state index is 0.0845. The zero-order valence-corrected chi connectivity index (χ0v) is 17.1. The van der Waals surface area contributed by atoms with Crippen LogP contribution < -0.4 is 0 Å². The van der Waals surface area contributed by atoms with E-state index in [2.05, 4.69) is 27.7 Å². The van der Waals surface area contributed by atoms with Crippen LogP contribution in [0.25, 0.3) is 10.9 Å². The van der Waals surface area contributed by atoms with Crippen LogP contribution in [0.5, 0.6) is 0 Å². The van der Waals surface area contributed by atoms with Gasteiger partial charge in [-0.25, -0.2) is 0 Å². The molecule has 1 fully saturated rings. The van der Waals surface area contributed by atoms with Gasteiger partial charge < -0.3 is 9.30 Å². The highest BCUT2D eigenvalue weighted by atomic mass is 16.5. The summed E-state index contributed by atoms with van der Waals surface area (Å²) in [6.07, 6.45) is 10.4. The third kappa shape index (κ3) is 3.06. The monoisotopic (exact) mass is 380 g/mol. The van der Waals surface area contributed by atoms with Crippen LogP contribution in [-0.4, -0.2) is 35.1 Å². The smallest absolute Gasteiger partial charge is 0.320 e. The van der Waals surface area contributed by atoms with E-state index in [-0.39, 0.29) is 5.97 Å². The van der Waals surface area contributed by atoms with Gasteiger partial charge in [0, 0.05) is 29.7 Å². The van der Waals surface area contributed by atoms with E-state index in [1.807, 2.05) is 6.92 Å². The Kier molecular flexibility index (Phi) is 4.92. The predicted octanol–water partition coefficient (Wildman–Crippen LogP) is 4.95. The zero-order chi connectivity index (χ0) is 19.1. The van der Waals surface area contributed by atoms with Crippen LogP contribution >= 0.6 is 0 Å². The number of carbonyl (C=O) groups excluding carboxylic acids is 1. The number of benzene rings is 1. The maximum atomic E-state index is 12.1. The highest BCUT2D eigenvalue weighted by Gasteiger charge is 2.35. The molecule has 2 aliphatic carbocycles. The van der Waals surface area contributed by atoms with Crippen molar-refractivity contribution in [2.24, 2.45) is 0 Å². The third-order valence-corrected chi connectivity index (χ3v) is 7.22. The minimum atomic E-state index is -0.0845. The molecule has 0 amide bonds. The Labute approximate surface area is 167 Å². The van der Waals surface area contributed by atoms with Gasteiger partial charge in [0.25, 0.3) is 0 Å². The van der Waals surface area contributed by atoms with E-state index in [1.54, 1.807) is 11.1 Å².